The zero-order valence-corrected chi connectivity index (χ0v) is 11.4. The molecule has 1 saturated heterocycles. The molecule has 104 valence electrons. The van der Waals surface area contributed by atoms with E-state index in [1.807, 2.05) is 18.2 Å². The Labute approximate surface area is 114 Å². The first-order chi connectivity index (χ1) is 9.31. The van der Waals surface area contributed by atoms with Crippen LogP contribution in [0.2, 0.25) is 0 Å². The summed E-state index contributed by atoms with van der Waals surface area (Å²) in [6.45, 7) is 4.18. The molecule has 2 fully saturated rings. The lowest BCUT2D eigenvalue weighted by Crippen LogP contribution is -2.45. The van der Waals surface area contributed by atoms with E-state index < -0.39 is 0 Å². The standard InChI is InChI=1S/C15H22N2O2/c1-19-13-4-2-3-12(15(13)18)14(11-5-6-11)17-9-7-16-8-10-17/h2-4,11,14,16,18H,5-10H2,1H3/t14-/m1/s1. The molecule has 19 heavy (non-hydrogen) atoms. The van der Waals surface area contributed by atoms with Gasteiger partial charge >= 0.3 is 0 Å². The monoisotopic (exact) mass is 262 g/mol. The number of phenolic OH excluding ortho intramolecular Hbond substituents is 1. The van der Waals surface area contributed by atoms with Crippen molar-refractivity contribution < 1.29 is 9.84 Å². The lowest BCUT2D eigenvalue weighted by Gasteiger charge is -2.35. The molecule has 1 aliphatic heterocycles. The minimum atomic E-state index is 0.320. The molecule has 0 spiro atoms. The topological polar surface area (TPSA) is 44.7 Å². The summed E-state index contributed by atoms with van der Waals surface area (Å²) in [4.78, 5) is 2.50. The number of ether oxygens (including phenoxy) is 1. The van der Waals surface area contributed by atoms with Crippen LogP contribution in [0.4, 0.5) is 0 Å². The molecule has 1 saturated carbocycles. The van der Waals surface area contributed by atoms with E-state index in [9.17, 15) is 5.11 Å². The summed E-state index contributed by atoms with van der Waals surface area (Å²) >= 11 is 0. The number of para-hydroxylation sites is 1. The number of benzene rings is 1. The summed E-state index contributed by atoms with van der Waals surface area (Å²) in [6, 6.07) is 6.19. The number of nitrogens with zero attached hydrogens (tertiary/aromatic N) is 1. The molecule has 0 aromatic heterocycles. The number of hydrogen-bond donors (Lipinski definition) is 2. The van der Waals surface area contributed by atoms with Gasteiger partial charge in [-0.25, -0.2) is 0 Å². The van der Waals surface area contributed by atoms with Crippen LogP contribution in [0.1, 0.15) is 24.4 Å². The Bertz CT molecular complexity index is 440. The number of nitrogens with one attached hydrogen (secondary N) is 1. The first-order valence-electron chi connectivity index (χ1n) is 7.12. The van der Waals surface area contributed by atoms with Crippen LogP contribution in [0.5, 0.6) is 11.5 Å². The first kappa shape index (κ1) is 12.8. The molecular weight excluding hydrogens is 240 g/mol. The second kappa shape index (κ2) is 5.39. The summed E-state index contributed by atoms with van der Waals surface area (Å²) in [7, 11) is 1.61. The SMILES string of the molecule is COc1cccc([C@@H](C2CC2)N2CCNCC2)c1O. The van der Waals surface area contributed by atoms with Gasteiger partial charge in [-0.2, -0.15) is 0 Å². The van der Waals surface area contributed by atoms with Gasteiger partial charge in [0.15, 0.2) is 11.5 Å². The molecule has 2 aliphatic rings. The minimum Gasteiger partial charge on any atom is -0.504 e. The van der Waals surface area contributed by atoms with Gasteiger partial charge in [0.25, 0.3) is 0 Å². The molecule has 4 heteroatoms. The first-order valence-corrected chi connectivity index (χ1v) is 7.12. The molecule has 3 rings (SSSR count). The lowest BCUT2D eigenvalue weighted by atomic mass is 9.98. The Morgan fingerprint density at radius 2 is 2.05 bits per heavy atom. The molecule has 1 aromatic carbocycles. The quantitative estimate of drug-likeness (QED) is 0.868. The highest BCUT2D eigenvalue weighted by Crippen LogP contribution is 2.48. The molecule has 1 aromatic rings. The van der Waals surface area contributed by atoms with Crippen molar-refractivity contribution in [3.05, 3.63) is 23.8 Å². The number of hydrogen-bond acceptors (Lipinski definition) is 4. The van der Waals surface area contributed by atoms with Crippen molar-refractivity contribution in [1.29, 1.82) is 0 Å². The van der Waals surface area contributed by atoms with Crippen molar-refractivity contribution in [2.45, 2.75) is 18.9 Å². The van der Waals surface area contributed by atoms with Crippen LogP contribution < -0.4 is 10.1 Å². The third-order valence-corrected chi connectivity index (χ3v) is 4.18. The van der Waals surface area contributed by atoms with E-state index in [1.165, 1.54) is 12.8 Å². The highest BCUT2D eigenvalue weighted by atomic mass is 16.5. The van der Waals surface area contributed by atoms with Crippen LogP contribution in [-0.4, -0.2) is 43.3 Å². The Morgan fingerprint density at radius 3 is 2.68 bits per heavy atom. The minimum absolute atomic E-state index is 0.320. The van der Waals surface area contributed by atoms with Crippen LogP contribution in [0.25, 0.3) is 0 Å². The zero-order valence-electron chi connectivity index (χ0n) is 11.4. The van der Waals surface area contributed by atoms with E-state index >= 15 is 0 Å². The molecule has 0 radical (unpaired) electrons. The van der Waals surface area contributed by atoms with Gasteiger partial charge in [0.1, 0.15) is 0 Å². The molecule has 1 heterocycles. The fourth-order valence-electron chi connectivity index (χ4n) is 3.06. The normalized spacial score (nSPS) is 22.2. The third kappa shape index (κ3) is 2.55. The number of methoxy groups -OCH3 is 1. The van der Waals surface area contributed by atoms with Crippen LogP contribution in [0, 0.1) is 5.92 Å². The Kier molecular flexibility index (Phi) is 3.62. The second-order valence-electron chi connectivity index (χ2n) is 5.47. The van der Waals surface area contributed by atoms with Gasteiger partial charge in [0.05, 0.1) is 7.11 Å². The number of aromatic hydroxyl groups is 1. The van der Waals surface area contributed by atoms with Gasteiger partial charge in [0.2, 0.25) is 0 Å². The fraction of sp³-hybridized carbons (Fsp3) is 0.600. The number of rotatable bonds is 4. The molecule has 1 atom stereocenters. The summed E-state index contributed by atoms with van der Waals surface area (Å²) in [6.07, 6.45) is 2.54. The number of piperazine rings is 1. The molecular formula is C15H22N2O2. The summed E-state index contributed by atoms with van der Waals surface area (Å²) < 4.78 is 5.24. The predicted molar refractivity (Wildman–Crippen MR) is 74.6 cm³/mol. The van der Waals surface area contributed by atoms with Gasteiger partial charge in [-0.1, -0.05) is 12.1 Å². The highest BCUT2D eigenvalue weighted by Gasteiger charge is 2.38. The van der Waals surface area contributed by atoms with Crippen molar-refractivity contribution >= 4 is 0 Å². The van der Waals surface area contributed by atoms with Crippen molar-refractivity contribution in [3.63, 3.8) is 0 Å². The maximum Gasteiger partial charge on any atom is 0.162 e. The van der Waals surface area contributed by atoms with Crippen molar-refractivity contribution in [2.24, 2.45) is 5.92 Å². The molecule has 4 nitrogen and oxygen atoms in total. The average Bonchev–Trinajstić information content (AvgIpc) is 3.27. The van der Waals surface area contributed by atoms with Crippen LogP contribution in [0.3, 0.4) is 0 Å². The van der Waals surface area contributed by atoms with Gasteiger partial charge in [-0.3, -0.25) is 4.90 Å². The fourth-order valence-corrected chi connectivity index (χ4v) is 3.06. The van der Waals surface area contributed by atoms with E-state index in [2.05, 4.69) is 10.2 Å². The van der Waals surface area contributed by atoms with Gasteiger partial charge in [-0.05, 0) is 24.8 Å². The van der Waals surface area contributed by atoms with E-state index in [1.54, 1.807) is 7.11 Å². The molecule has 2 N–H and O–H groups in total. The average molecular weight is 262 g/mol. The van der Waals surface area contributed by atoms with Crippen LogP contribution in [0.15, 0.2) is 18.2 Å². The van der Waals surface area contributed by atoms with Crippen LogP contribution >= 0.6 is 0 Å². The largest absolute Gasteiger partial charge is 0.504 e. The predicted octanol–water partition coefficient (Wildman–Crippen LogP) is 1.76. The van der Waals surface area contributed by atoms with E-state index in [4.69, 9.17) is 4.74 Å². The Morgan fingerprint density at radius 1 is 1.32 bits per heavy atom. The molecule has 0 unspecified atom stereocenters. The van der Waals surface area contributed by atoms with Crippen molar-refractivity contribution in [1.82, 2.24) is 10.2 Å². The lowest BCUT2D eigenvalue weighted by molar-refractivity contribution is 0.153. The molecule has 0 bridgehead atoms. The molecule has 0 amide bonds. The highest BCUT2D eigenvalue weighted by molar-refractivity contribution is 5.47. The van der Waals surface area contributed by atoms with Gasteiger partial charge in [-0.15, -0.1) is 0 Å². The maximum absolute atomic E-state index is 10.4. The maximum atomic E-state index is 10.4. The summed E-state index contributed by atoms with van der Waals surface area (Å²) in [5.74, 6) is 1.59. The summed E-state index contributed by atoms with van der Waals surface area (Å²) in [5.41, 5.74) is 1.03. The number of phenols is 1. The van der Waals surface area contributed by atoms with Crippen molar-refractivity contribution in [2.75, 3.05) is 33.3 Å². The third-order valence-electron chi connectivity index (χ3n) is 4.18. The van der Waals surface area contributed by atoms with Crippen molar-refractivity contribution in [3.8, 4) is 11.5 Å². The second-order valence-corrected chi connectivity index (χ2v) is 5.47. The zero-order chi connectivity index (χ0) is 13.2. The molecule has 1 aliphatic carbocycles. The Balaban J connectivity index is 1.91. The van der Waals surface area contributed by atoms with Gasteiger partial charge < -0.3 is 15.2 Å². The van der Waals surface area contributed by atoms with Crippen LogP contribution in [-0.2, 0) is 0 Å². The van der Waals surface area contributed by atoms with E-state index in [-0.39, 0.29) is 0 Å². The Hall–Kier alpha value is -1.26. The van der Waals surface area contributed by atoms with Gasteiger partial charge in [0, 0.05) is 37.8 Å². The smallest absolute Gasteiger partial charge is 0.162 e. The summed E-state index contributed by atoms with van der Waals surface area (Å²) in [5, 5.41) is 13.8. The van der Waals surface area contributed by atoms with E-state index in [0.29, 0.717) is 23.5 Å². The van der Waals surface area contributed by atoms with E-state index in [0.717, 1.165) is 31.7 Å².